The van der Waals surface area contributed by atoms with Crippen molar-refractivity contribution in [2.24, 2.45) is 5.92 Å². The van der Waals surface area contributed by atoms with Crippen molar-refractivity contribution in [2.75, 3.05) is 13.2 Å². The Morgan fingerprint density at radius 1 is 1.47 bits per heavy atom. The highest BCUT2D eigenvalue weighted by Gasteiger charge is 2.08. The largest absolute Gasteiger partial charge is 0.396 e. The summed E-state index contributed by atoms with van der Waals surface area (Å²) in [7, 11) is 0. The zero-order valence-electron chi connectivity index (χ0n) is 10.0. The van der Waals surface area contributed by atoms with E-state index in [0.717, 1.165) is 19.4 Å². The van der Waals surface area contributed by atoms with Gasteiger partial charge >= 0.3 is 0 Å². The van der Waals surface area contributed by atoms with E-state index in [1.54, 1.807) is 12.1 Å². The zero-order chi connectivity index (χ0) is 12.7. The summed E-state index contributed by atoms with van der Waals surface area (Å²) in [6.07, 6.45) is 1.77. The maximum Gasteiger partial charge on any atom is 0.129 e. The maximum absolute atomic E-state index is 13.4. The van der Waals surface area contributed by atoms with E-state index < -0.39 is 0 Å². The van der Waals surface area contributed by atoms with Gasteiger partial charge < -0.3 is 10.4 Å². The van der Waals surface area contributed by atoms with Crippen LogP contribution in [0.25, 0.3) is 0 Å². The minimum Gasteiger partial charge on any atom is -0.396 e. The monoisotopic (exact) mass is 259 g/mol. The summed E-state index contributed by atoms with van der Waals surface area (Å²) in [6, 6.07) is 4.70. The fourth-order valence-electron chi connectivity index (χ4n) is 1.74. The molecule has 0 saturated heterocycles. The molecule has 2 nitrogen and oxygen atoms in total. The fourth-order valence-corrected chi connectivity index (χ4v) is 1.97. The lowest BCUT2D eigenvalue weighted by Gasteiger charge is -2.15. The summed E-state index contributed by atoms with van der Waals surface area (Å²) in [5.41, 5.74) is 0.507. The molecule has 0 aromatic heterocycles. The molecule has 4 heteroatoms. The second kappa shape index (κ2) is 7.64. The van der Waals surface area contributed by atoms with E-state index in [4.69, 9.17) is 16.7 Å². The van der Waals surface area contributed by atoms with Crippen LogP contribution in [0.3, 0.4) is 0 Å². The highest BCUT2D eigenvalue weighted by molar-refractivity contribution is 6.31. The first-order valence-corrected chi connectivity index (χ1v) is 6.31. The van der Waals surface area contributed by atoms with Gasteiger partial charge in [-0.1, -0.05) is 31.0 Å². The lowest BCUT2D eigenvalue weighted by atomic mass is 10.0. The third-order valence-corrected chi connectivity index (χ3v) is 3.27. The molecule has 1 aromatic rings. The van der Waals surface area contributed by atoms with Crippen LogP contribution >= 0.6 is 11.6 Å². The minimum atomic E-state index is -0.278. The van der Waals surface area contributed by atoms with Gasteiger partial charge in [-0.25, -0.2) is 4.39 Å². The van der Waals surface area contributed by atoms with Crippen molar-refractivity contribution < 1.29 is 9.50 Å². The standard InChI is InChI=1S/C13H19ClFNO/c1-2-10(6-7-17)8-16-9-11-12(14)4-3-5-13(11)15/h3-5,10,16-17H,2,6-9H2,1H3. The van der Waals surface area contributed by atoms with Gasteiger partial charge in [0.25, 0.3) is 0 Å². The number of aliphatic hydroxyl groups is 1. The van der Waals surface area contributed by atoms with Gasteiger partial charge in [0, 0.05) is 23.7 Å². The first-order chi connectivity index (χ1) is 8.19. The van der Waals surface area contributed by atoms with Crippen LogP contribution in [0.2, 0.25) is 5.02 Å². The number of hydrogen-bond acceptors (Lipinski definition) is 2. The van der Waals surface area contributed by atoms with Crippen molar-refractivity contribution in [1.29, 1.82) is 0 Å². The molecule has 17 heavy (non-hydrogen) atoms. The van der Waals surface area contributed by atoms with Crippen LogP contribution in [0.1, 0.15) is 25.3 Å². The summed E-state index contributed by atoms with van der Waals surface area (Å²) < 4.78 is 13.4. The van der Waals surface area contributed by atoms with Crippen molar-refractivity contribution >= 4 is 11.6 Å². The molecule has 0 bridgehead atoms. The third-order valence-electron chi connectivity index (χ3n) is 2.91. The molecule has 0 spiro atoms. The van der Waals surface area contributed by atoms with Crippen LogP contribution in [-0.2, 0) is 6.54 Å². The molecule has 0 radical (unpaired) electrons. The average Bonchev–Trinajstić information content (AvgIpc) is 2.31. The van der Waals surface area contributed by atoms with E-state index in [2.05, 4.69) is 12.2 Å². The van der Waals surface area contributed by atoms with Gasteiger partial charge in [0.2, 0.25) is 0 Å². The molecule has 0 aliphatic heterocycles. The summed E-state index contributed by atoms with van der Waals surface area (Å²) in [4.78, 5) is 0. The number of halogens is 2. The van der Waals surface area contributed by atoms with Crippen LogP contribution in [0, 0.1) is 11.7 Å². The van der Waals surface area contributed by atoms with Gasteiger partial charge in [0.15, 0.2) is 0 Å². The van der Waals surface area contributed by atoms with Crippen molar-refractivity contribution in [2.45, 2.75) is 26.3 Å². The molecule has 0 aliphatic rings. The molecule has 1 unspecified atom stereocenters. The Labute approximate surface area is 107 Å². The number of benzene rings is 1. The van der Waals surface area contributed by atoms with Gasteiger partial charge in [0.05, 0.1) is 0 Å². The summed E-state index contributed by atoms with van der Waals surface area (Å²) >= 11 is 5.92. The van der Waals surface area contributed by atoms with Gasteiger partial charge in [-0.2, -0.15) is 0 Å². The zero-order valence-corrected chi connectivity index (χ0v) is 10.8. The smallest absolute Gasteiger partial charge is 0.129 e. The summed E-state index contributed by atoms with van der Waals surface area (Å²) in [5.74, 6) is 0.144. The van der Waals surface area contributed by atoms with E-state index in [-0.39, 0.29) is 12.4 Å². The van der Waals surface area contributed by atoms with Crippen molar-refractivity contribution in [3.63, 3.8) is 0 Å². The minimum absolute atomic E-state index is 0.195. The quantitative estimate of drug-likeness (QED) is 0.789. The topological polar surface area (TPSA) is 32.3 Å². The van der Waals surface area contributed by atoms with E-state index in [9.17, 15) is 4.39 Å². The maximum atomic E-state index is 13.4. The lowest BCUT2D eigenvalue weighted by Crippen LogP contribution is -2.23. The van der Waals surface area contributed by atoms with Gasteiger partial charge in [0.1, 0.15) is 5.82 Å². The Bertz CT molecular complexity index is 326. The van der Waals surface area contributed by atoms with Crippen molar-refractivity contribution in [3.8, 4) is 0 Å². The number of rotatable bonds is 7. The van der Waals surface area contributed by atoms with Crippen LogP contribution < -0.4 is 5.32 Å². The summed E-state index contributed by atoms with van der Waals surface area (Å²) in [5, 5.41) is 12.5. The van der Waals surface area contributed by atoms with Gasteiger partial charge in [-0.15, -0.1) is 0 Å². The molecule has 0 fully saturated rings. The number of nitrogens with one attached hydrogen (secondary N) is 1. The van der Waals surface area contributed by atoms with Crippen LogP contribution in [0.5, 0.6) is 0 Å². The molecule has 1 atom stereocenters. The molecule has 0 heterocycles. The highest BCUT2D eigenvalue weighted by atomic mass is 35.5. The molecular formula is C13H19ClFNO. The predicted molar refractivity (Wildman–Crippen MR) is 68.6 cm³/mol. The molecule has 2 N–H and O–H groups in total. The van der Waals surface area contributed by atoms with Crippen molar-refractivity contribution in [3.05, 3.63) is 34.6 Å². The Morgan fingerprint density at radius 2 is 2.24 bits per heavy atom. The predicted octanol–water partition coefficient (Wildman–Crippen LogP) is 2.98. The Morgan fingerprint density at radius 3 is 2.82 bits per heavy atom. The second-order valence-corrected chi connectivity index (χ2v) is 4.52. The van der Waals surface area contributed by atoms with Crippen LogP contribution in [-0.4, -0.2) is 18.3 Å². The van der Waals surface area contributed by atoms with Crippen molar-refractivity contribution in [1.82, 2.24) is 5.32 Å². The Kier molecular flexibility index (Phi) is 6.48. The first kappa shape index (κ1) is 14.4. The molecule has 1 aromatic carbocycles. The lowest BCUT2D eigenvalue weighted by molar-refractivity contribution is 0.251. The van der Waals surface area contributed by atoms with E-state index in [1.165, 1.54) is 6.07 Å². The molecule has 96 valence electrons. The number of aliphatic hydroxyl groups excluding tert-OH is 1. The van der Waals surface area contributed by atoms with Crippen LogP contribution in [0.15, 0.2) is 18.2 Å². The highest BCUT2D eigenvalue weighted by Crippen LogP contribution is 2.18. The molecule has 1 rings (SSSR count). The van der Waals surface area contributed by atoms with Gasteiger partial charge in [-0.05, 0) is 31.0 Å². The molecule has 0 amide bonds. The van der Waals surface area contributed by atoms with Gasteiger partial charge in [-0.3, -0.25) is 0 Å². The Hall–Kier alpha value is -0.640. The first-order valence-electron chi connectivity index (χ1n) is 5.93. The van der Waals surface area contributed by atoms with E-state index in [1.807, 2.05) is 0 Å². The third kappa shape index (κ3) is 4.62. The normalized spacial score (nSPS) is 12.7. The summed E-state index contributed by atoms with van der Waals surface area (Å²) in [6.45, 7) is 3.47. The fraction of sp³-hybridized carbons (Fsp3) is 0.538. The Balaban J connectivity index is 2.45. The number of hydrogen-bond donors (Lipinski definition) is 2. The van der Waals surface area contributed by atoms with E-state index >= 15 is 0 Å². The molecule has 0 aliphatic carbocycles. The SMILES string of the molecule is CCC(CCO)CNCc1c(F)cccc1Cl. The second-order valence-electron chi connectivity index (χ2n) is 4.12. The van der Waals surface area contributed by atoms with Crippen LogP contribution in [0.4, 0.5) is 4.39 Å². The van der Waals surface area contributed by atoms with E-state index in [0.29, 0.717) is 23.0 Å². The average molecular weight is 260 g/mol. The molecule has 0 saturated carbocycles. The molecular weight excluding hydrogens is 241 g/mol.